The van der Waals surface area contributed by atoms with E-state index < -0.39 is 0 Å². The zero-order valence-electron chi connectivity index (χ0n) is 4.68. The highest BCUT2D eigenvalue weighted by Gasteiger charge is 1.62. The minimum Gasteiger partial charge on any atom is -0.103 e. The third-order valence-electron chi connectivity index (χ3n) is 0.623. The molecule has 0 saturated heterocycles. The summed E-state index contributed by atoms with van der Waals surface area (Å²) < 4.78 is 0. The second kappa shape index (κ2) is 6.51. The van der Waals surface area contributed by atoms with Crippen LogP contribution in [0.4, 0.5) is 0 Å². The second-order valence-electron chi connectivity index (χ2n) is 1.27. The maximum atomic E-state index is 5.22. The lowest BCUT2D eigenvalue weighted by Gasteiger charge is -1.72. The Morgan fingerprint density at radius 3 is 2.62 bits per heavy atom. The predicted octanol–water partition coefficient (Wildman–Crippen LogP) is 2.87. The van der Waals surface area contributed by atoms with Crippen molar-refractivity contribution < 1.29 is 0 Å². The van der Waals surface area contributed by atoms with Crippen molar-refractivity contribution in [3.05, 3.63) is 36.4 Å². The van der Waals surface area contributed by atoms with Crippen LogP contribution in [0.25, 0.3) is 0 Å². The van der Waals surface area contributed by atoms with Crippen LogP contribution in [-0.2, 0) is 0 Å². The van der Waals surface area contributed by atoms with Crippen LogP contribution < -0.4 is 0 Å². The van der Waals surface area contributed by atoms with Gasteiger partial charge in [-0.25, -0.2) is 0 Å². The van der Waals surface area contributed by atoms with Gasteiger partial charge in [0.15, 0.2) is 0 Å². The third kappa shape index (κ3) is 5.51. The molecule has 8 heavy (non-hydrogen) atoms. The van der Waals surface area contributed by atoms with Crippen LogP contribution in [0.3, 0.4) is 0 Å². The molecule has 0 aliphatic rings. The molecule has 1 heteroatoms. The van der Waals surface area contributed by atoms with E-state index in [1.807, 2.05) is 18.2 Å². The summed E-state index contributed by atoms with van der Waals surface area (Å²) in [4.78, 5) is 0. The van der Waals surface area contributed by atoms with Gasteiger partial charge in [-0.05, 0) is 6.42 Å². The molecule has 0 aromatic rings. The number of hydrogen-bond donors (Lipinski definition) is 0. The Labute approximate surface area is 55.2 Å². The summed E-state index contributed by atoms with van der Waals surface area (Å²) in [7, 11) is 0. The average Bonchev–Trinajstić information content (AvgIpc) is 1.81. The highest BCUT2D eigenvalue weighted by molar-refractivity contribution is 6.25. The molecule has 44 valence electrons. The summed E-state index contributed by atoms with van der Waals surface area (Å²) in [6, 6.07) is 0. The molecule has 0 radical (unpaired) electrons. The topological polar surface area (TPSA) is 0 Å². The monoisotopic (exact) mass is 128 g/mol. The fourth-order valence-corrected chi connectivity index (χ4v) is 0.379. The molecule has 0 fully saturated rings. The Morgan fingerprint density at radius 1 is 1.38 bits per heavy atom. The lowest BCUT2D eigenvalue weighted by atomic mass is 10.4. The first-order valence-corrected chi connectivity index (χ1v) is 2.88. The molecule has 0 rings (SSSR count). The summed E-state index contributed by atoms with van der Waals surface area (Å²) >= 11 is 5.22. The van der Waals surface area contributed by atoms with E-state index in [-0.39, 0.29) is 0 Å². The van der Waals surface area contributed by atoms with E-state index in [4.69, 9.17) is 11.6 Å². The quantitative estimate of drug-likeness (QED) is 0.405. The van der Waals surface area contributed by atoms with Gasteiger partial charge in [-0.15, -0.1) is 6.58 Å². The molecule has 0 N–H and O–H groups in total. The lowest BCUT2D eigenvalue weighted by molar-refractivity contribution is 1.41. The molecular formula is C7H9Cl. The van der Waals surface area contributed by atoms with Crippen LogP contribution in [0.5, 0.6) is 0 Å². The molecule has 0 amide bonds. The van der Waals surface area contributed by atoms with Gasteiger partial charge in [0, 0.05) is 5.54 Å². The Bertz CT molecular complexity index is 101. The number of allylic oxidation sites excluding steroid dienone is 4. The van der Waals surface area contributed by atoms with Gasteiger partial charge < -0.3 is 0 Å². The zero-order valence-corrected chi connectivity index (χ0v) is 5.43. The van der Waals surface area contributed by atoms with E-state index in [2.05, 4.69) is 6.58 Å². The largest absolute Gasteiger partial charge is 0.103 e. The fourth-order valence-electron chi connectivity index (χ4n) is 0.295. The highest BCUT2D eigenvalue weighted by Crippen LogP contribution is 1.85. The standard InChI is InChI=1S/C7H9Cl/c1-2-3-4-5-6-7-8/h2,4-7H,1,3H2/b5-4-,7-6+. The van der Waals surface area contributed by atoms with Crippen molar-refractivity contribution in [3.63, 3.8) is 0 Å². The van der Waals surface area contributed by atoms with Crippen molar-refractivity contribution in [3.8, 4) is 0 Å². The summed E-state index contributed by atoms with van der Waals surface area (Å²) in [5.41, 5.74) is 1.47. The molecule has 0 spiro atoms. The van der Waals surface area contributed by atoms with E-state index in [9.17, 15) is 0 Å². The first-order chi connectivity index (χ1) is 3.91. The van der Waals surface area contributed by atoms with Crippen LogP contribution in [0.1, 0.15) is 6.42 Å². The highest BCUT2D eigenvalue weighted by atomic mass is 35.5. The molecular weight excluding hydrogens is 120 g/mol. The van der Waals surface area contributed by atoms with Gasteiger partial charge in [0.1, 0.15) is 0 Å². The molecule has 0 nitrogen and oxygen atoms in total. The Hall–Kier alpha value is -0.490. The molecule has 0 atom stereocenters. The fraction of sp³-hybridized carbons (Fsp3) is 0.143. The predicted molar refractivity (Wildman–Crippen MR) is 38.9 cm³/mol. The van der Waals surface area contributed by atoms with Crippen molar-refractivity contribution in [2.45, 2.75) is 6.42 Å². The maximum Gasteiger partial charge on any atom is 0.00423 e. The van der Waals surface area contributed by atoms with Gasteiger partial charge in [-0.3, -0.25) is 0 Å². The lowest BCUT2D eigenvalue weighted by Crippen LogP contribution is -1.51. The summed E-state index contributed by atoms with van der Waals surface area (Å²) in [5.74, 6) is 0. The Kier molecular flexibility index (Phi) is 6.11. The number of hydrogen-bond acceptors (Lipinski definition) is 0. The molecule has 0 saturated carbocycles. The normalized spacial score (nSPS) is 11.1. The number of rotatable bonds is 3. The first-order valence-electron chi connectivity index (χ1n) is 2.44. The van der Waals surface area contributed by atoms with Crippen molar-refractivity contribution in [1.82, 2.24) is 0 Å². The minimum absolute atomic E-state index is 0.904. The zero-order chi connectivity index (χ0) is 6.24. The smallest absolute Gasteiger partial charge is 0.00423 e. The second-order valence-corrected chi connectivity index (χ2v) is 1.52. The van der Waals surface area contributed by atoms with Crippen LogP contribution in [0, 0.1) is 0 Å². The Morgan fingerprint density at radius 2 is 2.12 bits per heavy atom. The molecule has 0 bridgehead atoms. The minimum atomic E-state index is 0.904. The van der Waals surface area contributed by atoms with Crippen LogP contribution in [0.15, 0.2) is 36.4 Å². The van der Waals surface area contributed by atoms with Gasteiger partial charge in [-0.1, -0.05) is 35.9 Å². The average molecular weight is 129 g/mol. The van der Waals surface area contributed by atoms with E-state index in [0.29, 0.717) is 0 Å². The van der Waals surface area contributed by atoms with Gasteiger partial charge in [-0.2, -0.15) is 0 Å². The van der Waals surface area contributed by atoms with Crippen LogP contribution >= 0.6 is 11.6 Å². The molecule has 0 aliphatic carbocycles. The van der Waals surface area contributed by atoms with E-state index in [1.165, 1.54) is 5.54 Å². The molecule has 0 aliphatic heterocycles. The molecule has 0 aromatic heterocycles. The summed E-state index contributed by atoms with van der Waals surface area (Å²) in [6.07, 6.45) is 8.37. The summed E-state index contributed by atoms with van der Waals surface area (Å²) in [6.45, 7) is 3.55. The molecule has 0 unspecified atom stereocenters. The maximum absolute atomic E-state index is 5.22. The summed E-state index contributed by atoms with van der Waals surface area (Å²) in [5, 5.41) is 0. The number of halogens is 1. The van der Waals surface area contributed by atoms with E-state index >= 15 is 0 Å². The first kappa shape index (κ1) is 7.51. The third-order valence-corrected chi connectivity index (χ3v) is 0.768. The van der Waals surface area contributed by atoms with E-state index in [0.717, 1.165) is 6.42 Å². The molecule has 0 aromatic carbocycles. The van der Waals surface area contributed by atoms with Crippen LogP contribution in [-0.4, -0.2) is 0 Å². The SMILES string of the molecule is C=CC/C=C\C=C\Cl. The molecule has 0 heterocycles. The van der Waals surface area contributed by atoms with Gasteiger partial charge in [0.2, 0.25) is 0 Å². The van der Waals surface area contributed by atoms with Gasteiger partial charge >= 0.3 is 0 Å². The van der Waals surface area contributed by atoms with Gasteiger partial charge in [0.25, 0.3) is 0 Å². The van der Waals surface area contributed by atoms with Gasteiger partial charge in [0.05, 0.1) is 0 Å². The van der Waals surface area contributed by atoms with Crippen molar-refractivity contribution in [2.75, 3.05) is 0 Å². The van der Waals surface area contributed by atoms with Crippen molar-refractivity contribution in [2.24, 2.45) is 0 Å². The van der Waals surface area contributed by atoms with E-state index in [1.54, 1.807) is 6.08 Å². The Balaban J connectivity index is 3.19. The van der Waals surface area contributed by atoms with Crippen LogP contribution in [0.2, 0.25) is 0 Å². The van der Waals surface area contributed by atoms with Crippen molar-refractivity contribution in [1.29, 1.82) is 0 Å². The van der Waals surface area contributed by atoms with Crippen molar-refractivity contribution >= 4 is 11.6 Å².